The predicted molar refractivity (Wildman–Crippen MR) is 89.0 cm³/mol. The van der Waals surface area contributed by atoms with Crippen LogP contribution in [0.3, 0.4) is 0 Å². The first kappa shape index (κ1) is 17.9. The molecule has 0 aliphatic rings. The predicted octanol–water partition coefficient (Wildman–Crippen LogP) is 4.71. The van der Waals surface area contributed by atoms with Gasteiger partial charge in [0.05, 0.1) is 10.6 Å². The van der Waals surface area contributed by atoms with Gasteiger partial charge in [-0.25, -0.2) is 26.0 Å². The summed E-state index contributed by atoms with van der Waals surface area (Å²) in [4.78, 5) is -0.110. The Balaban J connectivity index is 2.14. The van der Waals surface area contributed by atoms with Gasteiger partial charge in [-0.1, -0.05) is 18.2 Å². The summed E-state index contributed by atoms with van der Waals surface area (Å²) in [5.41, 5.74) is -0.702. The summed E-state index contributed by atoms with van der Waals surface area (Å²) in [6.07, 6.45) is 0. The zero-order valence-electron chi connectivity index (χ0n) is 13.0. The number of rotatable bonds is 4. The van der Waals surface area contributed by atoms with Crippen molar-refractivity contribution in [1.29, 1.82) is 0 Å². The van der Waals surface area contributed by atoms with Crippen LogP contribution in [-0.4, -0.2) is 8.42 Å². The second-order valence-electron chi connectivity index (χ2n) is 5.39. The van der Waals surface area contributed by atoms with E-state index in [0.717, 1.165) is 12.1 Å². The Morgan fingerprint density at radius 2 is 1.31 bits per heavy atom. The van der Waals surface area contributed by atoms with Gasteiger partial charge >= 0.3 is 0 Å². The maximum atomic E-state index is 13.7. The van der Waals surface area contributed by atoms with E-state index in [9.17, 15) is 26.0 Å². The smallest absolute Gasteiger partial charge is 0.261 e. The molecule has 0 spiro atoms. The maximum Gasteiger partial charge on any atom is 0.261 e. The normalized spacial score (nSPS) is 11.4. The molecule has 0 radical (unpaired) electrons. The number of halogens is 4. The lowest BCUT2D eigenvalue weighted by atomic mass is 10.0. The molecule has 3 rings (SSSR count). The summed E-state index contributed by atoms with van der Waals surface area (Å²) >= 11 is 0. The molecule has 0 saturated carbocycles. The third-order valence-electron chi connectivity index (χ3n) is 3.53. The molecule has 3 aromatic rings. The topological polar surface area (TPSA) is 46.2 Å². The van der Waals surface area contributed by atoms with Crippen molar-refractivity contribution in [3.63, 3.8) is 0 Å². The molecule has 0 aromatic heterocycles. The van der Waals surface area contributed by atoms with Crippen molar-refractivity contribution in [2.24, 2.45) is 0 Å². The van der Waals surface area contributed by atoms with Crippen LogP contribution in [0.25, 0.3) is 11.1 Å². The molecule has 0 fully saturated rings. The van der Waals surface area contributed by atoms with Crippen LogP contribution in [0, 0.1) is 23.3 Å². The van der Waals surface area contributed by atoms with Gasteiger partial charge in [-0.3, -0.25) is 4.72 Å². The number of sulfonamides is 1. The highest BCUT2D eigenvalue weighted by Crippen LogP contribution is 2.32. The van der Waals surface area contributed by atoms with Gasteiger partial charge in [0.25, 0.3) is 10.0 Å². The van der Waals surface area contributed by atoms with E-state index in [-0.39, 0.29) is 21.7 Å². The second-order valence-corrected chi connectivity index (χ2v) is 7.07. The van der Waals surface area contributed by atoms with Gasteiger partial charge in [-0.05, 0) is 35.9 Å². The molecule has 0 bridgehead atoms. The average molecular weight is 381 g/mol. The Kier molecular flexibility index (Phi) is 4.69. The molecule has 0 saturated heterocycles. The van der Waals surface area contributed by atoms with Crippen LogP contribution in [0.4, 0.5) is 23.2 Å². The monoisotopic (exact) mass is 381 g/mol. The van der Waals surface area contributed by atoms with Gasteiger partial charge in [0.2, 0.25) is 0 Å². The fourth-order valence-electron chi connectivity index (χ4n) is 2.38. The van der Waals surface area contributed by atoms with Crippen molar-refractivity contribution in [3.8, 4) is 11.1 Å². The van der Waals surface area contributed by atoms with E-state index in [2.05, 4.69) is 4.72 Å². The molecule has 0 aliphatic heterocycles. The van der Waals surface area contributed by atoms with Crippen LogP contribution in [-0.2, 0) is 10.0 Å². The van der Waals surface area contributed by atoms with Crippen molar-refractivity contribution in [3.05, 3.63) is 83.9 Å². The SMILES string of the molecule is O=S(=O)(Nc1cc(F)c(F)cc1-c1cc(F)cc(F)c1)c1ccccc1. The standard InChI is InChI=1S/C18H11F4NO2S/c19-12-6-11(7-13(20)8-12)15-9-16(21)17(22)10-18(15)23-26(24,25)14-4-2-1-3-5-14/h1-10,23H. The molecule has 0 aliphatic carbocycles. The van der Waals surface area contributed by atoms with Gasteiger partial charge in [0.1, 0.15) is 11.6 Å². The quantitative estimate of drug-likeness (QED) is 0.666. The number of nitrogens with one attached hydrogen (secondary N) is 1. The van der Waals surface area contributed by atoms with Crippen molar-refractivity contribution in [1.82, 2.24) is 0 Å². The molecule has 0 atom stereocenters. The molecule has 134 valence electrons. The Morgan fingerprint density at radius 3 is 1.92 bits per heavy atom. The van der Waals surface area contributed by atoms with E-state index in [1.54, 1.807) is 6.07 Å². The summed E-state index contributed by atoms with van der Waals surface area (Å²) < 4.78 is 81.3. The first-order valence-electron chi connectivity index (χ1n) is 7.29. The number of benzene rings is 3. The Labute approximate surface area is 147 Å². The van der Waals surface area contributed by atoms with Crippen LogP contribution in [0.1, 0.15) is 0 Å². The van der Waals surface area contributed by atoms with Crippen LogP contribution in [0.5, 0.6) is 0 Å². The van der Waals surface area contributed by atoms with Crippen LogP contribution >= 0.6 is 0 Å². The Bertz CT molecular complexity index is 1050. The van der Waals surface area contributed by atoms with Crippen molar-refractivity contribution >= 4 is 15.7 Å². The highest BCUT2D eigenvalue weighted by molar-refractivity contribution is 7.92. The summed E-state index contributed by atoms with van der Waals surface area (Å²) in [7, 11) is -4.12. The number of hydrogen-bond acceptors (Lipinski definition) is 2. The van der Waals surface area contributed by atoms with Gasteiger partial charge in [0, 0.05) is 17.7 Å². The zero-order valence-corrected chi connectivity index (χ0v) is 13.8. The minimum atomic E-state index is -4.12. The van der Waals surface area contributed by atoms with Gasteiger partial charge in [0.15, 0.2) is 11.6 Å². The highest BCUT2D eigenvalue weighted by Gasteiger charge is 2.19. The first-order chi connectivity index (χ1) is 12.3. The summed E-state index contributed by atoms with van der Waals surface area (Å²) in [6.45, 7) is 0. The molecule has 3 aromatic carbocycles. The average Bonchev–Trinajstić information content (AvgIpc) is 2.57. The fraction of sp³-hybridized carbons (Fsp3) is 0. The van der Waals surface area contributed by atoms with E-state index in [4.69, 9.17) is 0 Å². The molecule has 3 nitrogen and oxygen atoms in total. The van der Waals surface area contributed by atoms with Crippen molar-refractivity contribution in [2.75, 3.05) is 4.72 Å². The molecular formula is C18H11F4NO2S. The maximum absolute atomic E-state index is 13.7. The minimum absolute atomic E-state index is 0.110. The molecular weight excluding hydrogens is 370 g/mol. The van der Waals surface area contributed by atoms with Gasteiger partial charge in [-0.2, -0.15) is 0 Å². The van der Waals surface area contributed by atoms with Crippen molar-refractivity contribution in [2.45, 2.75) is 4.90 Å². The lowest BCUT2D eigenvalue weighted by Crippen LogP contribution is -2.14. The van der Waals surface area contributed by atoms with E-state index in [1.807, 2.05) is 0 Å². The van der Waals surface area contributed by atoms with Crippen molar-refractivity contribution < 1.29 is 26.0 Å². The second kappa shape index (κ2) is 6.80. The fourth-order valence-corrected chi connectivity index (χ4v) is 3.47. The number of anilines is 1. The largest absolute Gasteiger partial charge is 0.279 e. The van der Waals surface area contributed by atoms with E-state index >= 15 is 0 Å². The van der Waals surface area contributed by atoms with Crippen LogP contribution < -0.4 is 4.72 Å². The minimum Gasteiger partial charge on any atom is -0.279 e. The summed E-state index contributed by atoms with van der Waals surface area (Å²) in [5.74, 6) is -4.48. The first-order valence-corrected chi connectivity index (χ1v) is 8.78. The van der Waals surface area contributed by atoms with E-state index < -0.39 is 33.3 Å². The molecule has 26 heavy (non-hydrogen) atoms. The number of hydrogen-bond donors (Lipinski definition) is 1. The lowest BCUT2D eigenvalue weighted by Gasteiger charge is -2.14. The molecule has 0 unspecified atom stereocenters. The molecule has 1 N–H and O–H groups in total. The zero-order chi connectivity index (χ0) is 18.9. The Morgan fingerprint density at radius 1 is 0.731 bits per heavy atom. The van der Waals surface area contributed by atoms with Crippen LogP contribution in [0.2, 0.25) is 0 Å². The van der Waals surface area contributed by atoms with E-state index in [1.165, 1.54) is 24.3 Å². The summed E-state index contributed by atoms with van der Waals surface area (Å²) in [5, 5.41) is 0. The molecule has 0 amide bonds. The van der Waals surface area contributed by atoms with Gasteiger partial charge < -0.3 is 0 Å². The highest BCUT2D eigenvalue weighted by atomic mass is 32.2. The lowest BCUT2D eigenvalue weighted by molar-refractivity contribution is 0.509. The van der Waals surface area contributed by atoms with E-state index in [0.29, 0.717) is 18.2 Å². The molecule has 0 heterocycles. The molecule has 8 heteroatoms. The third-order valence-corrected chi connectivity index (χ3v) is 4.91. The van der Waals surface area contributed by atoms with Gasteiger partial charge in [-0.15, -0.1) is 0 Å². The third kappa shape index (κ3) is 3.70. The Hall–Kier alpha value is -2.87. The van der Waals surface area contributed by atoms with Crippen LogP contribution in [0.15, 0.2) is 65.6 Å². The summed E-state index contributed by atoms with van der Waals surface area (Å²) in [6, 6.07) is 10.9.